The van der Waals surface area contributed by atoms with Crippen LogP contribution in [0.4, 0.5) is 0 Å². The van der Waals surface area contributed by atoms with E-state index in [4.69, 9.17) is 4.74 Å². The maximum Gasteiger partial charge on any atom is 0.307 e. The van der Waals surface area contributed by atoms with Crippen molar-refractivity contribution in [2.75, 3.05) is 20.2 Å². The second kappa shape index (κ2) is 36.8. The van der Waals surface area contributed by atoms with Crippen molar-refractivity contribution in [2.24, 2.45) is 5.92 Å². The van der Waals surface area contributed by atoms with Gasteiger partial charge in [-0.15, -0.1) is 0 Å². The van der Waals surface area contributed by atoms with E-state index in [0.29, 0.717) is 31.9 Å². The molecular formula is C42H83NO3. The number of ether oxygens (including phenoxy) is 1. The molecule has 0 fully saturated rings. The van der Waals surface area contributed by atoms with E-state index in [1.807, 2.05) is 7.05 Å². The molecule has 0 saturated carbocycles. The van der Waals surface area contributed by atoms with Crippen LogP contribution in [0.5, 0.6) is 0 Å². The lowest BCUT2D eigenvalue weighted by atomic mass is 9.94. The van der Waals surface area contributed by atoms with Crippen LogP contribution >= 0.6 is 0 Å². The molecule has 0 aromatic carbocycles. The Morgan fingerprint density at radius 2 is 0.783 bits per heavy atom. The molecule has 46 heavy (non-hydrogen) atoms. The van der Waals surface area contributed by atoms with Crippen LogP contribution in [0, 0.1) is 5.92 Å². The van der Waals surface area contributed by atoms with Gasteiger partial charge in [-0.05, 0) is 25.2 Å². The van der Waals surface area contributed by atoms with Gasteiger partial charge in [-0.3, -0.25) is 9.59 Å². The van der Waals surface area contributed by atoms with Crippen molar-refractivity contribution in [3.8, 4) is 0 Å². The number of hydrogen-bond acceptors (Lipinski definition) is 3. The Balaban J connectivity index is 4.16. The van der Waals surface area contributed by atoms with Crippen LogP contribution in [0.3, 0.4) is 0 Å². The van der Waals surface area contributed by atoms with E-state index in [2.05, 4.69) is 20.8 Å². The molecule has 0 aromatic rings. The number of carbonyl (C=O) groups excluding carboxylic acids is 2. The number of nitrogens with zero attached hydrogens (tertiary/aromatic N) is 1. The standard InChI is InChI=1S/C42H83NO3/c1-5-8-11-14-17-20-22-24-27-30-33-36-41(44)43(4)38-37-42(45)46-39-40(34-31-28-25-19-16-13-10-7-3)35-32-29-26-23-21-18-15-12-9-6-2/h40H,5-39H2,1-4H3. The fourth-order valence-electron chi connectivity index (χ4n) is 6.60. The van der Waals surface area contributed by atoms with Gasteiger partial charge >= 0.3 is 5.97 Å². The monoisotopic (exact) mass is 650 g/mol. The summed E-state index contributed by atoms with van der Waals surface area (Å²) in [5, 5.41) is 0. The first kappa shape index (κ1) is 44.9. The van der Waals surface area contributed by atoms with Crippen LogP contribution in [-0.4, -0.2) is 37.0 Å². The van der Waals surface area contributed by atoms with Gasteiger partial charge in [0.2, 0.25) is 5.91 Å². The Labute approximate surface area is 289 Å². The van der Waals surface area contributed by atoms with Crippen molar-refractivity contribution in [3.63, 3.8) is 0 Å². The summed E-state index contributed by atoms with van der Waals surface area (Å²) < 4.78 is 5.79. The lowest BCUT2D eigenvalue weighted by molar-refractivity contribution is -0.146. The molecule has 0 saturated heterocycles. The zero-order valence-corrected chi connectivity index (χ0v) is 32.0. The highest BCUT2D eigenvalue weighted by molar-refractivity contribution is 5.77. The van der Waals surface area contributed by atoms with Crippen LogP contribution in [0.1, 0.15) is 233 Å². The third-order valence-corrected chi connectivity index (χ3v) is 9.98. The van der Waals surface area contributed by atoms with Gasteiger partial charge in [0.25, 0.3) is 0 Å². The Morgan fingerprint density at radius 3 is 1.15 bits per heavy atom. The van der Waals surface area contributed by atoms with E-state index < -0.39 is 0 Å². The quantitative estimate of drug-likeness (QED) is 0.0497. The molecule has 4 heteroatoms. The normalized spacial score (nSPS) is 12.0. The highest BCUT2D eigenvalue weighted by atomic mass is 16.5. The van der Waals surface area contributed by atoms with E-state index in [9.17, 15) is 9.59 Å². The topological polar surface area (TPSA) is 46.6 Å². The Hall–Kier alpha value is -1.06. The van der Waals surface area contributed by atoms with Gasteiger partial charge in [-0.25, -0.2) is 0 Å². The molecule has 0 radical (unpaired) electrons. The number of carbonyl (C=O) groups is 2. The molecule has 0 aliphatic rings. The largest absolute Gasteiger partial charge is 0.465 e. The first-order chi connectivity index (χ1) is 22.5. The summed E-state index contributed by atoms with van der Waals surface area (Å²) in [4.78, 5) is 26.9. The number of hydrogen-bond donors (Lipinski definition) is 0. The third kappa shape index (κ3) is 32.9. The van der Waals surface area contributed by atoms with Crippen LogP contribution in [0.15, 0.2) is 0 Å². The van der Waals surface area contributed by atoms with Gasteiger partial charge in [0.05, 0.1) is 13.0 Å². The van der Waals surface area contributed by atoms with Crippen LogP contribution in [-0.2, 0) is 14.3 Å². The van der Waals surface area contributed by atoms with Crippen LogP contribution in [0.25, 0.3) is 0 Å². The van der Waals surface area contributed by atoms with Crippen molar-refractivity contribution >= 4 is 11.9 Å². The molecule has 0 N–H and O–H groups in total. The van der Waals surface area contributed by atoms with E-state index in [-0.39, 0.29) is 11.9 Å². The molecule has 1 atom stereocenters. The maximum atomic E-state index is 12.6. The van der Waals surface area contributed by atoms with Crippen LogP contribution < -0.4 is 0 Å². The molecule has 0 spiro atoms. The molecule has 0 bridgehead atoms. The van der Waals surface area contributed by atoms with Crippen molar-refractivity contribution < 1.29 is 14.3 Å². The van der Waals surface area contributed by atoms with Crippen molar-refractivity contribution in [2.45, 2.75) is 233 Å². The minimum absolute atomic E-state index is 0.140. The van der Waals surface area contributed by atoms with Crippen LogP contribution in [0.2, 0.25) is 0 Å². The fraction of sp³-hybridized carbons (Fsp3) is 0.952. The fourth-order valence-corrected chi connectivity index (χ4v) is 6.60. The van der Waals surface area contributed by atoms with E-state index in [1.54, 1.807) is 4.90 Å². The molecule has 274 valence electrons. The summed E-state index contributed by atoms with van der Waals surface area (Å²) in [6, 6.07) is 0. The molecule has 0 aliphatic heterocycles. The van der Waals surface area contributed by atoms with E-state index in [1.165, 1.54) is 186 Å². The second-order valence-electron chi connectivity index (χ2n) is 14.6. The molecule has 0 heterocycles. The summed E-state index contributed by atoms with van der Waals surface area (Å²) in [7, 11) is 1.84. The summed E-state index contributed by atoms with van der Waals surface area (Å²) in [5.74, 6) is 0.508. The van der Waals surface area contributed by atoms with Gasteiger partial charge in [-0.2, -0.15) is 0 Å². The zero-order valence-electron chi connectivity index (χ0n) is 32.0. The summed E-state index contributed by atoms with van der Waals surface area (Å²) >= 11 is 0. The lowest BCUT2D eigenvalue weighted by Crippen LogP contribution is -2.29. The predicted octanol–water partition coefficient (Wildman–Crippen LogP) is 13.5. The average molecular weight is 650 g/mol. The summed E-state index contributed by atoms with van der Waals surface area (Å²) in [5.41, 5.74) is 0. The smallest absolute Gasteiger partial charge is 0.307 e. The number of amides is 1. The molecule has 0 aliphatic carbocycles. The van der Waals surface area contributed by atoms with E-state index in [0.717, 1.165) is 12.8 Å². The number of rotatable bonds is 37. The Morgan fingerprint density at radius 1 is 0.457 bits per heavy atom. The van der Waals surface area contributed by atoms with Gasteiger partial charge in [0, 0.05) is 20.0 Å². The highest BCUT2D eigenvalue weighted by Gasteiger charge is 2.15. The Kier molecular flexibility index (Phi) is 35.9. The van der Waals surface area contributed by atoms with Crippen molar-refractivity contribution in [1.29, 1.82) is 0 Å². The average Bonchev–Trinajstić information content (AvgIpc) is 3.06. The van der Waals surface area contributed by atoms with Gasteiger partial charge < -0.3 is 9.64 Å². The second-order valence-corrected chi connectivity index (χ2v) is 14.6. The molecule has 0 rings (SSSR count). The number of unbranched alkanes of at least 4 members (excludes halogenated alkanes) is 26. The molecule has 4 nitrogen and oxygen atoms in total. The SMILES string of the molecule is CCCCCCCCCCCCCC(=O)N(C)CCC(=O)OCC(CCCCCCCCCC)CCCCCCCCCCCC. The summed E-state index contributed by atoms with van der Waals surface area (Å²) in [6.07, 6.45) is 41.7. The minimum atomic E-state index is -0.140. The first-order valence-electron chi connectivity index (χ1n) is 20.9. The van der Waals surface area contributed by atoms with Crippen molar-refractivity contribution in [3.05, 3.63) is 0 Å². The lowest BCUT2D eigenvalue weighted by Gasteiger charge is -2.19. The molecule has 0 aromatic heterocycles. The summed E-state index contributed by atoms with van der Waals surface area (Å²) in [6.45, 7) is 7.86. The van der Waals surface area contributed by atoms with E-state index >= 15 is 0 Å². The van der Waals surface area contributed by atoms with Gasteiger partial charge in [0.15, 0.2) is 0 Å². The predicted molar refractivity (Wildman–Crippen MR) is 201 cm³/mol. The highest BCUT2D eigenvalue weighted by Crippen LogP contribution is 2.21. The molecule has 1 amide bonds. The first-order valence-corrected chi connectivity index (χ1v) is 20.9. The van der Waals surface area contributed by atoms with Crippen molar-refractivity contribution in [1.82, 2.24) is 4.90 Å². The zero-order chi connectivity index (χ0) is 33.8. The third-order valence-electron chi connectivity index (χ3n) is 9.98. The minimum Gasteiger partial charge on any atom is -0.465 e. The number of esters is 1. The van der Waals surface area contributed by atoms with Gasteiger partial charge in [0.1, 0.15) is 0 Å². The maximum absolute atomic E-state index is 12.6. The Bertz CT molecular complexity index is 636. The van der Waals surface area contributed by atoms with Gasteiger partial charge in [-0.1, -0.05) is 201 Å². The molecular weight excluding hydrogens is 566 g/mol. The molecule has 1 unspecified atom stereocenters.